The number of rotatable bonds is 6. The van der Waals surface area contributed by atoms with Crippen LogP contribution in [-0.2, 0) is 0 Å². The van der Waals surface area contributed by atoms with Gasteiger partial charge in [0.05, 0.1) is 0 Å². The first kappa shape index (κ1) is 10.9. The molecule has 0 aliphatic heterocycles. The summed E-state index contributed by atoms with van der Waals surface area (Å²) in [6.07, 6.45) is 1.22. The van der Waals surface area contributed by atoms with Gasteiger partial charge in [-0.05, 0) is 12.3 Å². The van der Waals surface area contributed by atoms with Crippen LogP contribution in [-0.4, -0.2) is 24.6 Å². The highest BCUT2D eigenvalue weighted by Crippen LogP contribution is 1.96. The quantitative estimate of drug-likeness (QED) is 0.594. The molecule has 1 N–H and O–H groups in total. The van der Waals surface area contributed by atoms with E-state index in [2.05, 4.69) is 38.1 Å². The molecule has 2 heteroatoms. The van der Waals surface area contributed by atoms with Crippen molar-refractivity contribution in [2.24, 2.45) is 5.92 Å². The Bertz CT molecular complexity index is 75.6. The minimum Gasteiger partial charge on any atom is -0.255 e. The minimum atomic E-state index is 0.751. The van der Waals surface area contributed by atoms with Crippen molar-refractivity contribution in [3.05, 3.63) is 0 Å². The third-order valence-electron chi connectivity index (χ3n) is 1.46. The van der Waals surface area contributed by atoms with Crippen LogP contribution in [0, 0.1) is 5.92 Å². The Hall–Kier alpha value is -0.0800. The van der Waals surface area contributed by atoms with Gasteiger partial charge in [-0.2, -0.15) is 0 Å². The van der Waals surface area contributed by atoms with Gasteiger partial charge in [0.15, 0.2) is 0 Å². The number of nitrogens with zero attached hydrogens (tertiary/aromatic N) is 1. The van der Waals surface area contributed by atoms with E-state index in [-0.39, 0.29) is 0 Å². The predicted molar refractivity (Wildman–Crippen MR) is 50.4 cm³/mol. The van der Waals surface area contributed by atoms with Crippen LogP contribution in [0.25, 0.3) is 0 Å². The van der Waals surface area contributed by atoms with Crippen LogP contribution < -0.4 is 5.43 Å². The second kappa shape index (κ2) is 6.62. The molecular weight excluding hydrogens is 136 g/mol. The Morgan fingerprint density at radius 2 is 1.91 bits per heavy atom. The van der Waals surface area contributed by atoms with Crippen molar-refractivity contribution in [3.63, 3.8) is 0 Å². The summed E-state index contributed by atoms with van der Waals surface area (Å²) in [4.78, 5) is 0. The van der Waals surface area contributed by atoms with Gasteiger partial charge in [0, 0.05) is 19.6 Å². The third kappa shape index (κ3) is 6.32. The molecule has 11 heavy (non-hydrogen) atoms. The molecule has 0 saturated carbocycles. The fraction of sp³-hybridized carbons (Fsp3) is 1.00. The maximum Gasteiger partial charge on any atom is 0.0154 e. The topological polar surface area (TPSA) is 15.3 Å². The number of hydrogen-bond acceptors (Lipinski definition) is 2. The van der Waals surface area contributed by atoms with Crippen molar-refractivity contribution < 1.29 is 0 Å². The Morgan fingerprint density at radius 1 is 1.27 bits per heavy atom. The van der Waals surface area contributed by atoms with E-state index in [1.54, 1.807) is 0 Å². The first-order chi connectivity index (χ1) is 5.20. The molecule has 0 amide bonds. The number of hydrazine groups is 1. The molecule has 0 fully saturated rings. The Balaban J connectivity index is 3.50. The fourth-order valence-electron chi connectivity index (χ4n) is 1.17. The molecule has 2 nitrogen and oxygen atoms in total. The van der Waals surface area contributed by atoms with Crippen molar-refractivity contribution in [1.82, 2.24) is 10.4 Å². The molecule has 0 unspecified atom stereocenters. The molecular formula is C9H22N2. The van der Waals surface area contributed by atoms with E-state index in [4.69, 9.17) is 0 Å². The Morgan fingerprint density at radius 3 is 2.27 bits per heavy atom. The lowest BCUT2D eigenvalue weighted by atomic mass is 10.2. The summed E-state index contributed by atoms with van der Waals surface area (Å²) in [5.41, 5.74) is 3.35. The molecule has 68 valence electrons. The molecule has 0 atom stereocenters. The summed E-state index contributed by atoms with van der Waals surface area (Å²) in [5.74, 6) is 0.751. The van der Waals surface area contributed by atoms with Crippen molar-refractivity contribution >= 4 is 0 Å². The summed E-state index contributed by atoms with van der Waals surface area (Å²) >= 11 is 0. The van der Waals surface area contributed by atoms with Crippen molar-refractivity contribution in [3.8, 4) is 0 Å². The van der Waals surface area contributed by atoms with E-state index in [1.807, 2.05) is 0 Å². The Kier molecular flexibility index (Phi) is 6.57. The molecule has 0 bridgehead atoms. The summed E-state index contributed by atoms with van der Waals surface area (Å²) in [7, 11) is 0. The number of hydrogen-bond donors (Lipinski definition) is 1. The zero-order valence-corrected chi connectivity index (χ0v) is 8.35. The Labute approximate surface area is 70.9 Å². The van der Waals surface area contributed by atoms with Crippen LogP contribution in [0.3, 0.4) is 0 Å². The number of nitrogens with one attached hydrogen (secondary N) is 1. The van der Waals surface area contributed by atoms with Gasteiger partial charge in [-0.3, -0.25) is 5.43 Å². The van der Waals surface area contributed by atoms with Crippen LogP contribution >= 0.6 is 0 Å². The zero-order valence-electron chi connectivity index (χ0n) is 8.35. The lowest BCUT2D eigenvalue weighted by Crippen LogP contribution is -2.40. The molecule has 0 spiro atoms. The van der Waals surface area contributed by atoms with Crippen LogP contribution in [0.15, 0.2) is 0 Å². The van der Waals surface area contributed by atoms with Gasteiger partial charge in [0.1, 0.15) is 0 Å². The van der Waals surface area contributed by atoms with Gasteiger partial charge < -0.3 is 0 Å². The van der Waals surface area contributed by atoms with Gasteiger partial charge in [0.2, 0.25) is 0 Å². The van der Waals surface area contributed by atoms with E-state index in [9.17, 15) is 0 Å². The van der Waals surface area contributed by atoms with E-state index in [0.717, 1.165) is 25.6 Å². The molecule has 0 aromatic heterocycles. The molecule has 0 radical (unpaired) electrons. The average molecular weight is 158 g/mol. The lowest BCUT2D eigenvalue weighted by molar-refractivity contribution is 0.171. The van der Waals surface area contributed by atoms with Gasteiger partial charge in [0.25, 0.3) is 0 Å². The standard InChI is InChI=1S/C9H22N2/c1-5-7-11(10-6-2)8-9(3)4/h9-10H,5-8H2,1-4H3. The molecule has 0 aromatic carbocycles. The molecule has 0 heterocycles. The van der Waals surface area contributed by atoms with Gasteiger partial charge in [-0.1, -0.05) is 27.7 Å². The second-order valence-corrected chi connectivity index (χ2v) is 3.35. The van der Waals surface area contributed by atoms with Crippen LogP contribution in [0.1, 0.15) is 34.1 Å². The highest BCUT2D eigenvalue weighted by molar-refractivity contribution is 4.53. The van der Waals surface area contributed by atoms with Gasteiger partial charge in [-0.25, -0.2) is 5.01 Å². The smallest absolute Gasteiger partial charge is 0.0154 e. The molecule has 0 rings (SSSR count). The molecule has 0 aliphatic rings. The molecule has 0 saturated heterocycles. The zero-order chi connectivity index (χ0) is 8.69. The van der Waals surface area contributed by atoms with Crippen LogP contribution in [0.4, 0.5) is 0 Å². The summed E-state index contributed by atoms with van der Waals surface area (Å²) in [6, 6.07) is 0. The normalized spacial score (nSPS) is 11.5. The van der Waals surface area contributed by atoms with E-state index >= 15 is 0 Å². The monoisotopic (exact) mass is 158 g/mol. The van der Waals surface area contributed by atoms with Gasteiger partial charge in [-0.15, -0.1) is 0 Å². The summed E-state index contributed by atoms with van der Waals surface area (Å²) < 4.78 is 0. The SMILES string of the molecule is CCCN(CC(C)C)NCC. The minimum absolute atomic E-state index is 0.751. The lowest BCUT2D eigenvalue weighted by Gasteiger charge is -2.23. The first-order valence-corrected chi connectivity index (χ1v) is 4.69. The molecule has 0 aliphatic carbocycles. The summed E-state index contributed by atoms with van der Waals surface area (Å²) in [6.45, 7) is 12.2. The van der Waals surface area contributed by atoms with Crippen molar-refractivity contribution in [2.75, 3.05) is 19.6 Å². The maximum atomic E-state index is 3.35. The van der Waals surface area contributed by atoms with Crippen molar-refractivity contribution in [2.45, 2.75) is 34.1 Å². The summed E-state index contributed by atoms with van der Waals surface area (Å²) in [5, 5.41) is 2.31. The van der Waals surface area contributed by atoms with Crippen LogP contribution in [0.5, 0.6) is 0 Å². The highest BCUT2D eigenvalue weighted by atomic mass is 15.5. The van der Waals surface area contributed by atoms with Crippen LogP contribution in [0.2, 0.25) is 0 Å². The van der Waals surface area contributed by atoms with E-state index < -0.39 is 0 Å². The van der Waals surface area contributed by atoms with E-state index in [1.165, 1.54) is 6.42 Å². The third-order valence-corrected chi connectivity index (χ3v) is 1.46. The van der Waals surface area contributed by atoms with Gasteiger partial charge >= 0.3 is 0 Å². The highest BCUT2D eigenvalue weighted by Gasteiger charge is 2.03. The van der Waals surface area contributed by atoms with Crippen molar-refractivity contribution in [1.29, 1.82) is 0 Å². The maximum absolute atomic E-state index is 3.35. The molecule has 0 aromatic rings. The largest absolute Gasteiger partial charge is 0.255 e. The fourth-order valence-corrected chi connectivity index (χ4v) is 1.17. The second-order valence-electron chi connectivity index (χ2n) is 3.35. The average Bonchev–Trinajstić information content (AvgIpc) is 1.87. The van der Waals surface area contributed by atoms with E-state index in [0.29, 0.717) is 0 Å². The predicted octanol–water partition coefficient (Wildman–Crippen LogP) is 1.88. The first-order valence-electron chi connectivity index (χ1n) is 4.69.